The highest BCUT2D eigenvalue weighted by molar-refractivity contribution is 6.07. The normalized spacial score (nSPS) is 20.6. The van der Waals surface area contributed by atoms with Crippen LogP contribution in [-0.4, -0.2) is 75.7 Å². The maximum atomic E-state index is 14.2. The minimum Gasteiger partial charge on any atom is -0.369 e. The summed E-state index contributed by atoms with van der Waals surface area (Å²) in [7, 11) is 3.65. The monoisotopic (exact) mass is 595 g/mol. The zero-order valence-corrected chi connectivity index (χ0v) is 25.2. The van der Waals surface area contributed by atoms with Gasteiger partial charge in [0.25, 0.3) is 11.5 Å². The van der Waals surface area contributed by atoms with Crippen molar-refractivity contribution in [2.75, 3.05) is 43.4 Å². The van der Waals surface area contributed by atoms with E-state index in [9.17, 15) is 14.4 Å². The van der Waals surface area contributed by atoms with E-state index in [-0.39, 0.29) is 41.2 Å². The number of fused-ring (bicyclic) bond motifs is 7. The molecule has 44 heavy (non-hydrogen) atoms. The molecule has 3 N–H and O–H groups in total. The Labute approximate surface area is 255 Å². The molecule has 0 saturated heterocycles. The summed E-state index contributed by atoms with van der Waals surface area (Å²) in [6, 6.07) is 5.61. The van der Waals surface area contributed by atoms with E-state index >= 15 is 0 Å². The van der Waals surface area contributed by atoms with E-state index in [2.05, 4.69) is 30.8 Å². The summed E-state index contributed by atoms with van der Waals surface area (Å²) in [5, 5.41) is 2.96. The van der Waals surface area contributed by atoms with Crippen LogP contribution in [0.3, 0.4) is 0 Å². The minimum absolute atomic E-state index is 0.00824. The number of carbonyl (C=O) groups excluding carboxylic acids is 2. The summed E-state index contributed by atoms with van der Waals surface area (Å²) >= 11 is 0. The molecular formula is C32H37N9O3. The quantitative estimate of drug-likeness (QED) is 0.341. The number of aryl methyl sites for hydroxylation is 2. The number of anilines is 2. The fraction of sp³-hybridized carbons (Fsp3) is 0.438. The summed E-state index contributed by atoms with van der Waals surface area (Å²) < 4.78 is 3.65. The highest BCUT2D eigenvalue weighted by Crippen LogP contribution is 2.37. The third-order valence-electron chi connectivity index (χ3n) is 9.13. The van der Waals surface area contributed by atoms with Gasteiger partial charge in [-0.05, 0) is 62.1 Å². The Bertz CT molecular complexity index is 1800. The second-order valence-corrected chi connectivity index (χ2v) is 12.4. The van der Waals surface area contributed by atoms with Gasteiger partial charge in [-0.2, -0.15) is 4.99 Å². The third-order valence-corrected chi connectivity index (χ3v) is 9.13. The van der Waals surface area contributed by atoms with Gasteiger partial charge in [0, 0.05) is 74.7 Å². The molecule has 0 spiro atoms. The van der Waals surface area contributed by atoms with E-state index in [1.807, 2.05) is 13.1 Å². The van der Waals surface area contributed by atoms with Crippen molar-refractivity contribution in [2.24, 2.45) is 28.7 Å². The number of ketones is 1. The fourth-order valence-corrected chi connectivity index (χ4v) is 7.05. The SMILES string of the molecule is CN1CCN=C(N=C(N)Nc2cc(-c3ccnc4c3CC(=O)CC3CN4C(=O)c4cc5c(n4C3)CCCC5)cn(C)c2=O)C1. The summed E-state index contributed by atoms with van der Waals surface area (Å²) in [4.78, 5) is 58.2. The summed E-state index contributed by atoms with van der Waals surface area (Å²) in [6.07, 6.45) is 8.12. The first-order valence-corrected chi connectivity index (χ1v) is 15.3. The van der Waals surface area contributed by atoms with Crippen LogP contribution in [0.2, 0.25) is 0 Å². The van der Waals surface area contributed by atoms with Crippen LogP contribution in [0.5, 0.6) is 0 Å². The van der Waals surface area contributed by atoms with Crippen LogP contribution in [-0.2, 0) is 37.6 Å². The van der Waals surface area contributed by atoms with Crippen molar-refractivity contribution in [3.8, 4) is 11.1 Å². The van der Waals surface area contributed by atoms with Gasteiger partial charge in [0.05, 0.1) is 13.1 Å². The number of pyridine rings is 2. The van der Waals surface area contributed by atoms with Gasteiger partial charge >= 0.3 is 0 Å². The number of rotatable bonds is 2. The molecule has 3 aromatic heterocycles. The average Bonchev–Trinajstić information content (AvgIpc) is 3.28. The zero-order valence-electron chi connectivity index (χ0n) is 25.2. The Morgan fingerprint density at radius 3 is 2.80 bits per heavy atom. The molecule has 1 unspecified atom stereocenters. The van der Waals surface area contributed by atoms with Gasteiger partial charge in [-0.25, -0.2) is 4.98 Å². The zero-order chi connectivity index (χ0) is 30.5. The lowest BCUT2D eigenvalue weighted by atomic mass is 9.91. The highest BCUT2D eigenvalue weighted by atomic mass is 16.2. The Morgan fingerprint density at radius 1 is 1.11 bits per heavy atom. The summed E-state index contributed by atoms with van der Waals surface area (Å²) in [6.45, 7) is 3.15. The average molecular weight is 596 g/mol. The number of likely N-dealkylation sites (N-methyl/N-ethyl adjacent to an activating group) is 1. The first kappa shape index (κ1) is 28.2. The van der Waals surface area contributed by atoms with Gasteiger partial charge in [-0.1, -0.05) is 0 Å². The van der Waals surface area contributed by atoms with E-state index in [0.29, 0.717) is 61.1 Å². The molecule has 7 rings (SSSR count). The standard InChI is InChI=1S/C32H37N9O3/c1-38-10-9-34-28(18-38)37-32(33)36-25-12-21(17-39(2)30(25)43)23-7-8-35-29-24(23)14-22(42)11-19-15-40-26-6-4-3-5-20(26)13-27(40)31(44)41(29)16-19/h7-8,12-13,17,19H,3-6,9-11,14-16,18H2,1-2H3,(H3,33,34,36,37). The van der Waals surface area contributed by atoms with Crippen LogP contribution < -0.4 is 21.5 Å². The molecule has 1 atom stereocenters. The number of amides is 1. The number of nitrogens with one attached hydrogen (secondary N) is 1. The molecule has 0 fully saturated rings. The number of nitrogens with zero attached hydrogens (tertiary/aromatic N) is 7. The number of nitrogens with two attached hydrogens (primary N) is 1. The topological polar surface area (TPSA) is 143 Å². The van der Waals surface area contributed by atoms with Crippen LogP contribution >= 0.6 is 0 Å². The van der Waals surface area contributed by atoms with E-state index in [1.165, 1.54) is 15.8 Å². The second-order valence-electron chi connectivity index (χ2n) is 12.4. The van der Waals surface area contributed by atoms with Crippen LogP contribution in [0.4, 0.5) is 11.5 Å². The lowest BCUT2D eigenvalue weighted by Gasteiger charge is -2.29. The molecule has 4 aliphatic rings. The van der Waals surface area contributed by atoms with Crippen LogP contribution in [0.1, 0.15) is 46.6 Å². The molecule has 0 radical (unpaired) electrons. The molecule has 1 aliphatic carbocycles. The van der Waals surface area contributed by atoms with Crippen molar-refractivity contribution < 1.29 is 9.59 Å². The largest absolute Gasteiger partial charge is 0.369 e. The Hall–Kier alpha value is -4.58. The van der Waals surface area contributed by atoms with Crippen molar-refractivity contribution in [1.82, 2.24) is 19.0 Å². The molecule has 1 amide bonds. The number of amidine groups is 1. The number of Topliss-reactive ketones (excluding diaryl/α,β-unsaturated/α-hetero) is 1. The van der Waals surface area contributed by atoms with Gasteiger partial charge in [0.1, 0.15) is 28.8 Å². The Morgan fingerprint density at radius 2 is 1.95 bits per heavy atom. The van der Waals surface area contributed by atoms with E-state index in [0.717, 1.165) is 37.8 Å². The smallest absolute Gasteiger partial charge is 0.276 e. The minimum atomic E-state index is -0.280. The maximum absolute atomic E-state index is 14.2. The molecule has 0 aromatic carbocycles. The molecule has 3 aliphatic heterocycles. The van der Waals surface area contributed by atoms with E-state index in [1.54, 1.807) is 30.4 Å². The number of carbonyl (C=O) groups is 2. The van der Waals surface area contributed by atoms with Gasteiger partial charge in [-0.3, -0.25) is 29.2 Å². The highest BCUT2D eigenvalue weighted by Gasteiger charge is 2.37. The summed E-state index contributed by atoms with van der Waals surface area (Å²) in [5.41, 5.74) is 11.5. The Kier molecular flexibility index (Phi) is 7.16. The lowest BCUT2D eigenvalue weighted by molar-refractivity contribution is -0.119. The number of hydrogen-bond acceptors (Lipinski definition) is 7. The third kappa shape index (κ3) is 5.12. The van der Waals surface area contributed by atoms with Crippen molar-refractivity contribution in [3.63, 3.8) is 0 Å². The van der Waals surface area contributed by atoms with Crippen LogP contribution in [0.15, 0.2) is 45.4 Å². The van der Waals surface area contributed by atoms with Crippen molar-refractivity contribution in [3.05, 3.63) is 63.5 Å². The molecule has 12 heteroatoms. The van der Waals surface area contributed by atoms with Gasteiger partial charge < -0.3 is 20.2 Å². The van der Waals surface area contributed by atoms with Gasteiger partial charge in [0.15, 0.2) is 5.96 Å². The number of hydrogen-bond donors (Lipinski definition) is 2. The van der Waals surface area contributed by atoms with Crippen molar-refractivity contribution in [1.29, 1.82) is 0 Å². The predicted molar refractivity (Wildman–Crippen MR) is 170 cm³/mol. The van der Waals surface area contributed by atoms with Gasteiger partial charge in [0.2, 0.25) is 0 Å². The fourth-order valence-electron chi connectivity index (χ4n) is 7.05. The summed E-state index contributed by atoms with van der Waals surface area (Å²) in [5.74, 6) is 1.21. The number of aromatic nitrogens is 3. The molecule has 3 aromatic rings. The number of aliphatic imine (C=N–C) groups is 2. The molecule has 0 saturated carbocycles. The maximum Gasteiger partial charge on any atom is 0.276 e. The van der Waals surface area contributed by atoms with Crippen molar-refractivity contribution in [2.45, 2.75) is 45.1 Å². The molecule has 228 valence electrons. The lowest BCUT2D eigenvalue weighted by Crippen LogP contribution is -2.38. The molecule has 6 heterocycles. The predicted octanol–water partition coefficient (Wildman–Crippen LogP) is 1.99. The second kappa shape index (κ2) is 11.2. The van der Waals surface area contributed by atoms with Crippen LogP contribution in [0, 0.1) is 5.92 Å². The number of guanidine groups is 1. The Balaban J connectivity index is 1.28. The first-order chi connectivity index (χ1) is 21.2. The van der Waals surface area contributed by atoms with Gasteiger partial charge in [-0.15, -0.1) is 0 Å². The van der Waals surface area contributed by atoms with Crippen molar-refractivity contribution >= 4 is 35.0 Å². The molecular weight excluding hydrogens is 558 g/mol. The molecule has 12 nitrogen and oxygen atoms in total. The first-order valence-electron chi connectivity index (χ1n) is 15.3. The van der Waals surface area contributed by atoms with E-state index in [4.69, 9.17) is 10.7 Å². The van der Waals surface area contributed by atoms with E-state index < -0.39 is 0 Å². The van der Waals surface area contributed by atoms with Crippen LogP contribution in [0.25, 0.3) is 11.1 Å². The molecule has 2 bridgehead atoms.